The van der Waals surface area contributed by atoms with Crippen molar-refractivity contribution in [1.82, 2.24) is 19.1 Å². The quantitative estimate of drug-likeness (QED) is 0.167. The van der Waals surface area contributed by atoms with Crippen molar-refractivity contribution in [3.05, 3.63) is 243 Å². The molecule has 0 aliphatic carbocycles. The SMILES string of the molecule is c1ccc(-c2nc(-n3c4ccccc4c4cc(-c5ccc6c(c5)c5cc(-c7ccc8oc9ccccc9c8c7)ccc5n6-c5ccc(-c6cccc7c6oc6ccccc67)cc5)ccc43)c3ccccc3n2)cc1. The van der Waals surface area contributed by atoms with E-state index in [0.29, 0.717) is 5.82 Å². The lowest BCUT2D eigenvalue weighted by molar-refractivity contribution is 0.669. The zero-order valence-corrected chi connectivity index (χ0v) is 39.7. The van der Waals surface area contributed by atoms with E-state index in [1.165, 1.54) is 10.8 Å². The maximum Gasteiger partial charge on any atom is 0.162 e. The summed E-state index contributed by atoms with van der Waals surface area (Å²) in [6.07, 6.45) is 0. The van der Waals surface area contributed by atoms with E-state index in [-0.39, 0.29) is 0 Å². The molecule has 5 heterocycles. The first-order valence-electron chi connectivity index (χ1n) is 25.0. The summed E-state index contributed by atoms with van der Waals surface area (Å²) in [7, 11) is 0. The number of furan rings is 2. The molecule has 0 atom stereocenters. The number of rotatable bonds is 6. The van der Waals surface area contributed by atoms with Crippen LogP contribution in [0.3, 0.4) is 0 Å². The zero-order valence-electron chi connectivity index (χ0n) is 39.7. The van der Waals surface area contributed by atoms with Crippen molar-refractivity contribution in [2.75, 3.05) is 0 Å². The minimum absolute atomic E-state index is 0.698. The zero-order chi connectivity index (χ0) is 48.4. The van der Waals surface area contributed by atoms with Crippen LogP contribution in [-0.2, 0) is 0 Å². The molecule has 0 saturated carbocycles. The molecule has 5 aromatic heterocycles. The van der Waals surface area contributed by atoms with Crippen molar-refractivity contribution in [3.8, 4) is 56.3 Å². The number of para-hydroxylation sites is 5. The van der Waals surface area contributed by atoms with Gasteiger partial charge in [0.05, 0.1) is 27.6 Å². The molecule has 0 saturated heterocycles. The van der Waals surface area contributed by atoms with Crippen LogP contribution in [0.1, 0.15) is 0 Å². The summed E-state index contributed by atoms with van der Waals surface area (Å²) in [6.45, 7) is 0. The van der Waals surface area contributed by atoms with Gasteiger partial charge in [0.15, 0.2) is 5.82 Å². The van der Waals surface area contributed by atoms with Gasteiger partial charge in [-0.2, -0.15) is 0 Å². The third kappa shape index (κ3) is 6.12. The van der Waals surface area contributed by atoms with Crippen molar-refractivity contribution in [1.29, 1.82) is 0 Å². The van der Waals surface area contributed by atoms with Gasteiger partial charge in [-0.25, -0.2) is 9.97 Å². The Bertz CT molecular complexity index is 4960. The third-order valence-electron chi connectivity index (χ3n) is 15.1. The van der Waals surface area contributed by atoms with Gasteiger partial charge in [-0.3, -0.25) is 4.57 Å². The van der Waals surface area contributed by atoms with Gasteiger partial charge in [0.1, 0.15) is 28.1 Å². The fourth-order valence-electron chi connectivity index (χ4n) is 11.7. The Morgan fingerprint density at radius 3 is 1.50 bits per heavy atom. The molecule has 0 amide bonds. The molecule has 6 heteroatoms. The molecule has 0 fully saturated rings. The highest BCUT2D eigenvalue weighted by Gasteiger charge is 2.21. The Kier molecular flexibility index (Phi) is 8.64. The molecular formula is C68H40N4O2. The first kappa shape index (κ1) is 40.7. The van der Waals surface area contributed by atoms with E-state index in [4.69, 9.17) is 18.8 Å². The van der Waals surface area contributed by atoms with Crippen LogP contribution in [0.25, 0.3) is 155 Å². The predicted molar refractivity (Wildman–Crippen MR) is 305 cm³/mol. The van der Waals surface area contributed by atoms with Crippen molar-refractivity contribution in [2.45, 2.75) is 0 Å². The Morgan fingerprint density at radius 2 is 0.784 bits per heavy atom. The van der Waals surface area contributed by atoms with Crippen LogP contribution in [0, 0.1) is 0 Å². The van der Waals surface area contributed by atoms with Gasteiger partial charge in [-0.05, 0) is 119 Å². The minimum atomic E-state index is 0.698. The fraction of sp³-hybridized carbons (Fsp3) is 0. The molecule has 16 rings (SSSR count). The van der Waals surface area contributed by atoms with E-state index in [1.54, 1.807) is 0 Å². The van der Waals surface area contributed by atoms with Crippen molar-refractivity contribution >= 4 is 98.4 Å². The van der Waals surface area contributed by atoms with E-state index in [1.807, 2.05) is 48.5 Å². The van der Waals surface area contributed by atoms with Gasteiger partial charge >= 0.3 is 0 Å². The molecule has 0 bridgehead atoms. The predicted octanol–water partition coefficient (Wildman–Crippen LogP) is 18.3. The second-order valence-electron chi connectivity index (χ2n) is 19.3. The highest BCUT2D eigenvalue weighted by atomic mass is 16.3. The molecule has 16 aromatic rings. The Morgan fingerprint density at radius 1 is 0.284 bits per heavy atom. The lowest BCUT2D eigenvalue weighted by Crippen LogP contribution is -2.02. The van der Waals surface area contributed by atoms with Gasteiger partial charge in [0.2, 0.25) is 0 Å². The number of nitrogens with zero attached hydrogens (tertiary/aromatic N) is 4. The summed E-state index contributed by atoms with van der Waals surface area (Å²) in [5.41, 5.74) is 17.7. The number of fused-ring (bicyclic) bond motifs is 13. The van der Waals surface area contributed by atoms with E-state index in [0.717, 1.165) is 138 Å². The Labute approximate surface area is 423 Å². The maximum absolute atomic E-state index is 6.48. The molecular weight excluding hydrogens is 905 g/mol. The summed E-state index contributed by atoms with van der Waals surface area (Å²) in [5.74, 6) is 1.56. The second kappa shape index (κ2) is 15.7. The standard InChI is InChI=1S/C68H40N4O2/c1-2-13-42(14-3-1)67-69-58-21-8-4-18-53(58)68(70-67)72-59-22-9-5-15-49(59)54-37-43(29-35-62(54)72)44-27-33-60-55(38-44)56-39-45(46-30-36-65-57(40-46)51-17-7-10-23-63(51)73-65)28-34-61(56)71(60)47-31-25-41(26-32-47)48-19-12-20-52-50-16-6-11-24-64(50)74-66(48)52/h1-40H. The molecule has 0 N–H and O–H groups in total. The molecule has 344 valence electrons. The lowest BCUT2D eigenvalue weighted by Gasteiger charge is -2.13. The van der Waals surface area contributed by atoms with E-state index < -0.39 is 0 Å². The van der Waals surface area contributed by atoms with Crippen LogP contribution in [-0.4, -0.2) is 19.1 Å². The molecule has 0 radical (unpaired) electrons. The topological polar surface area (TPSA) is 61.9 Å². The summed E-state index contributed by atoms with van der Waals surface area (Å²) >= 11 is 0. The Balaban J connectivity index is 0.870. The monoisotopic (exact) mass is 944 g/mol. The van der Waals surface area contributed by atoms with E-state index in [2.05, 4.69) is 203 Å². The smallest absolute Gasteiger partial charge is 0.162 e. The first-order valence-corrected chi connectivity index (χ1v) is 25.0. The number of aromatic nitrogens is 4. The normalized spacial score (nSPS) is 12.1. The molecule has 0 unspecified atom stereocenters. The van der Waals surface area contributed by atoms with Crippen molar-refractivity contribution in [2.24, 2.45) is 0 Å². The van der Waals surface area contributed by atoms with Crippen LogP contribution >= 0.6 is 0 Å². The van der Waals surface area contributed by atoms with Crippen LogP contribution < -0.4 is 0 Å². The van der Waals surface area contributed by atoms with Gasteiger partial charge in [0, 0.05) is 65.3 Å². The number of hydrogen-bond donors (Lipinski definition) is 0. The molecule has 0 aliphatic rings. The summed E-state index contributed by atoms with van der Waals surface area (Å²) in [4.78, 5) is 10.4. The molecule has 6 nitrogen and oxygen atoms in total. The highest BCUT2D eigenvalue weighted by Crippen LogP contribution is 2.42. The average Bonchev–Trinajstić information content (AvgIpc) is 4.22. The molecule has 11 aromatic carbocycles. The summed E-state index contributed by atoms with van der Waals surface area (Å²) in [5, 5.41) is 10.2. The van der Waals surface area contributed by atoms with Crippen molar-refractivity contribution < 1.29 is 8.83 Å². The van der Waals surface area contributed by atoms with Crippen LogP contribution in [0.4, 0.5) is 0 Å². The fourth-order valence-corrected chi connectivity index (χ4v) is 11.7. The number of hydrogen-bond acceptors (Lipinski definition) is 4. The summed E-state index contributed by atoms with van der Waals surface area (Å²) < 4.78 is 17.4. The second-order valence-corrected chi connectivity index (χ2v) is 19.3. The lowest BCUT2D eigenvalue weighted by atomic mass is 9.98. The van der Waals surface area contributed by atoms with E-state index in [9.17, 15) is 0 Å². The third-order valence-corrected chi connectivity index (χ3v) is 15.1. The molecule has 0 spiro atoms. The van der Waals surface area contributed by atoms with Crippen LogP contribution in [0.2, 0.25) is 0 Å². The van der Waals surface area contributed by atoms with Crippen LogP contribution in [0.5, 0.6) is 0 Å². The van der Waals surface area contributed by atoms with Gasteiger partial charge in [-0.15, -0.1) is 0 Å². The van der Waals surface area contributed by atoms with Gasteiger partial charge < -0.3 is 13.4 Å². The van der Waals surface area contributed by atoms with E-state index >= 15 is 0 Å². The van der Waals surface area contributed by atoms with Gasteiger partial charge in [0.25, 0.3) is 0 Å². The van der Waals surface area contributed by atoms with Gasteiger partial charge in [-0.1, -0.05) is 152 Å². The van der Waals surface area contributed by atoms with Crippen LogP contribution in [0.15, 0.2) is 251 Å². The largest absolute Gasteiger partial charge is 0.456 e. The molecule has 74 heavy (non-hydrogen) atoms. The maximum atomic E-state index is 6.48. The average molecular weight is 945 g/mol. The summed E-state index contributed by atoms with van der Waals surface area (Å²) in [6, 6.07) is 86.4. The Hall–Kier alpha value is -10.0. The van der Waals surface area contributed by atoms with Crippen molar-refractivity contribution in [3.63, 3.8) is 0 Å². The first-order chi connectivity index (χ1) is 36.7. The molecule has 0 aliphatic heterocycles. The highest BCUT2D eigenvalue weighted by molar-refractivity contribution is 6.15. The number of benzene rings is 11. The minimum Gasteiger partial charge on any atom is -0.456 e.